The third-order valence-corrected chi connectivity index (χ3v) is 3.47. The first-order valence-corrected chi connectivity index (χ1v) is 7.44. The minimum Gasteiger partial charge on any atom is -0.455 e. The van der Waals surface area contributed by atoms with Crippen LogP contribution in [0.5, 0.6) is 0 Å². The maximum absolute atomic E-state index is 12.9. The Morgan fingerprint density at radius 1 is 1.04 bits per heavy atom. The van der Waals surface area contributed by atoms with Gasteiger partial charge in [0.05, 0.1) is 6.21 Å². The lowest BCUT2D eigenvalue weighted by molar-refractivity contribution is 0.0955. The molecule has 6 heteroatoms. The van der Waals surface area contributed by atoms with Crippen molar-refractivity contribution in [1.82, 2.24) is 5.43 Å². The molecule has 0 bridgehead atoms. The van der Waals surface area contributed by atoms with Gasteiger partial charge in [-0.05, 0) is 60.7 Å². The fourth-order valence-corrected chi connectivity index (χ4v) is 2.14. The monoisotopic (exact) mass is 342 g/mol. The average Bonchev–Trinajstić information content (AvgIpc) is 3.05. The number of hydrazone groups is 1. The number of benzene rings is 2. The molecule has 0 unspecified atom stereocenters. The smallest absolute Gasteiger partial charge is 0.271 e. The van der Waals surface area contributed by atoms with Crippen molar-refractivity contribution < 1.29 is 13.6 Å². The van der Waals surface area contributed by atoms with E-state index in [4.69, 9.17) is 16.0 Å². The fourth-order valence-electron chi connectivity index (χ4n) is 2.01. The zero-order valence-electron chi connectivity index (χ0n) is 12.4. The molecule has 1 N–H and O–H groups in total. The average molecular weight is 343 g/mol. The second-order valence-electron chi connectivity index (χ2n) is 4.91. The summed E-state index contributed by atoms with van der Waals surface area (Å²) < 4.78 is 18.5. The van der Waals surface area contributed by atoms with Crippen molar-refractivity contribution in [1.29, 1.82) is 0 Å². The Bertz CT molecular complexity index is 871. The van der Waals surface area contributed by atoms with Gasteiger partial charge in [0.15, 0.2) is 0 Å². The number of furan rings is 1. The molecule has 4 nitrogen and oxygen atoms in total. The van der Waals surface area contributed by atoms with Gasteiger partial charge in [-0.2, -0.15) is 5.10 Å². The molecule has 0 saturated heterocycles. The second kappa shape index (κ2) is 7.10. The molecular formula is C18H12ClFN2O2. The predicted octanol–water partition coefficient (Wildman–Crippen LogP) is 4.50. The molecule has 3 aromatic rings. The summed E-state index contributed by atoms with van der Waals surface area (Å²) in [7, 11) is 0. The van der Waals surface area contributed by atoms with Gasteiger partial charge in [-0.3, -0.25) is 4.79 Å². The molecule has 0 saturated carbocycles. The standard InChI is InChI=1S/C18H12ClFN2O2/c19-14-5-1-13(2-6-14)18(23)22-21-11-16-9-10-17(24-16)12-3-7-15(20)8-4-12/h1-11H,(H,22,23)/b21-11+. The number of hydrogen-bond acceptors (Lipinski definition) is 3. The molecule has 3 rings (SSSR count). The van der Waals surface area contributed by atoms with Crippen molar-refractivity contribution in [3.05, 3.63) is 82.8 Å². The highest BCUT2D eigenvalue weighted by Crippen LogP contribution is 2.21. The zero-order chi connectivity index (χ0) is 16.9. The number of amides is 1. The van der Waals surface area contributed by atoms with Crippen LogP contribution in [0.25, 0.3) is 11.3 Å². The van der Waals surface area contributed by atoms with Gasteiger partial charge in [0.2, 0.25) is 0 Å². The van der Waals surface area contributed by atoms with Gasteiger partial charge in [0.1, 0.15) is 17.3 Å². The Kier molecular flexibility index (Phi) is 4.72. The van der Waals surface area contributed by atoms with E-state index in [0.29, 0.717) is 22.1 Å². The lowest BCUT2D eigenvalue weighted by Crippen LogP contribution is -2.17. The van der Waals surface area contributed by atoms with E-state index in [1.807, 2.05) is 0 Å². The highest BCUT2D eigenvalue weighted by molar-refractivity contribution is 6.30. The first kappa shape index (κ1) is 16.0. The Balaban J connectivity index is 1.64. The molecule has 24 heavy (non-hydrogen) atoms. The summed E-state index contributed by atoms with van der Waals surface area (Å²) in [6.45, 7) is 0. The minimum atomic E-state index is -0.353. The lowest BCUT2D eigenvalue weighted by Gasteiger charge is -1.99. The zero-order valence-corrected chi connectivity index (χ0v) is 13.1. The van der Waals surface area contributed by atoms with Crippen molar-refractivity contribution in [2.24, 2.45) is 5.10 Å². The van der Waals surface area contributed by atoms with Crippen LogP contribution in [0.2, 0.25) is 5.02 Å². The normalized spacial score (nSPS) is 10.9. The quantitative estimate of drug-likeness (QED) is 0.560. The van der Waals surface area contributed by atoms with E-state index in [2.05, 4.69) is 10.5 Å². The van der Waals surface area contributed by atoms with Crippen molar-refractivity contribution in [3.8, 4) is 11.3 Å². The molecule has 0 aliphatic heterocycles. The molecule has 0 fully saturated rings. The van der Waals surface area contributed by atoms with Gasteiger partial charge < -0.3 is 4.42 Å². The molecule has 0 aliphatic rings. The summed E-state index contributed by atoms with van der Waals surface area (Å²) in [5.41, 5.74) is 3.60. The number of nitrogens with zero attached hydrogens (tertiary/aromatic N) is 1. The number of nitrogens with one attached hydrogen (secondary N) is 1. The highest BCUT2D eigenvalue weighted by atomic mass is 35.5. The second-order valence-corrected chi connectivity index (χ2v) is 5.35. The van der Waals surface area contributed by atoms with Crippen LogP contribution in [0.3, 0.4) is 0 Å². The Labute approximate surface area is 142 Å². The number of carbonyl (C=O) groups excluding carboxylic acids is 1. The molecule has 1 heterocycles. The van der Waals surface area contributed by atoms with Gasteiger partial charge in [-0.15, -0.1) is 0 Å². The van der Waals surface area contributed by atoms with Gasteiger partial charge >= 0.3 is 0 Å². The molecule has 0 atom stereocenters. The molecular weight excluding hydrogens is 331 g/mol. The molecule has 0 spiro atoms. The largest absolute Gasteiger partial charge is 0.455 e. The summed E-state index contributed by atoms with van der Waals surface area (Å²) >= 11 is 5.77. The van der Waals surface area contributed by atoms with E-state index in [1.165, 1.54) is 18.3 Å². The van der Waals surface area contributed by atoms with E-state index in [9.17, 15) is 9.18 Å². The topological polar surface area (TPSA) is 54.6 Å². The van der Waals surface area contributed by atoms with Crippen molar-refractivity contribution in [2.75, 3.05) is 0 Å². The number of rotatable bonds is 4. The first-order valence-electron chi connectivity index (χ1n) is 7.06. The van der Waals surface area contributed by atoms with Crippen LogP contribution in [0.4, 0.5) is 4.39 Å². The number of hydrogen-bond donors (Lipinski definition) is 1. The SMILES string of the molecule is O=C(N/N=C/c1ccc(-c2ccc(F)cc2)o1)c1ccc(Cl)cc1. The van der Waals surface area contributed by atoms with Crippen LogP contribution in [-0.4, -0.2) is 12.1 Å². The molecule has 0 aliphatic carbocycles. The minimum absolute atomic E-state index is 0.308. The lowest BCUT2D eigenvalue weighted by atomic mass is 10.2. The third kappa shape index (κ3) is 3.88. The van der Waals surface area contributed by atoms with Crippen LogP contribution < -0.4 is 5.43 Å². The third-order valence-electron chi connectivity index (χ3n) is 3.22. The van der Waals surface area contributed by atoms with Gasteiger partial charge in [0, 0.05) is 16.1 Å². The molecule has 120 valence electrons. The summed E-state index contributed by atoms with van der Waals surface area (Å²) in [5.74, 6) is 0.386. The number of halogens is 2. The van der Waals surface area contributed by atoms with E-state index in [1.54, 1.807) is 48.5 Å². The summed E-state index contributed by atoms with van der Waals surface area (Å²) in [6, 6.07) is 15.9. The van der Waals surface area contributed by atoms with Gasteiger partial charge in [0.25, 0.3) is 5.91 Å². The van der Waals surface area contributed by atoms with E-state index >= 15 is 0 Å². The van der Waals surface area contributed by atoms with Gasteiger partial charge in [-0.1, -0.05) is 11.6 Å². The van der Waals surface area contributed by atoms with E-state index < -0.39 is 0 Å². The highest BCUT2D eigenvalue weighted by Gasteiger charge is 2.05. The molecule has 1 amide bonds. The maximum atomic E-state index is 12.9. The van der Waals surface area contributed by atoms with Crippen LogP contribution in [0.1, 0.15) is 16.1 Å². The molecule has 1 aromatic heterocycles. The van der Waals surface area contributed by atoms with E-state index in [-0.39, 0.29) is 11.7 Å². The van der Waals surface area contributed by atoms with Gasteiger partial charge in [-0.25, -0.2) is 9.82 Å². The molecule has 0 radical (unpaired) electrons. The van der Waals surface area contributed by atoms with Crippen LogP contribution >= 0.6 is 11.6 Å². The maximum Gasteiger partial charge on any atom is 0.271 e. The van der Waals surface area contributed by atoms with Crippen LogP contribution in [0, 0.1) is 5.82 Å². The van der Waals surface area contributed by atoms with Crippen molar-refractivity contribution in [2.45, 2.75) is 0 Å². The van der Waals surface area contributed by atoms with Crippen molar-refractivity contribution >= 4 is 23.7 Å². The summed E-state index contributed by atoms with van der Waals surface area (Å²) in [6.07, 6.45) is 1.39. The summed E-state index contributed by atoms with van der Waals surface area (Å²) in [5, 5.41) is 4.40. The first-order chi connectivity index (χ1) is 11.6. The van der Waals surface area contributed by atoms with Crippen molar-refractivity contribution in [3.63, 3.8) is 0 Å². The Morgan fingerprint density at radius 3 is 2.46 bits per heavy atom. The predicted molar refractivity (Wildman–Crippen MR) is 90.6 cm³/mol. The van der Waals surface area contributed by atoms with E-state index in [0.717, 1.165) is 5.56 Å². The summed E-state index contributed by atoms with van der Waals surface area (Å²) in [4.78, 5) is 11.9. The fraction of sp³-hybridized carbons (Fsp3) is 0. The Morgan fingerprint density at radius 2 is 1.75 bits per heavy atom. The van der Waals surface area contributed by atoms with Crippen LogP contribution in [-0.2, 0) is 0 Å². The number of carbonyl (C=O) groups is 1. The molecule has 2 aromatic carbocycles. The Hall–Kier alpha value is -2.92. The van der Waals surface area contributed by atoms with Crippen LogP contribution in [0.15, 0.2) is 70.2 Å².